The predicted octanol–water partition coefficient (Wildman–Crippen LogP) is -0.451. The van der Waals surface area contributed by atoms with Crippen molar-refractivity contribution in [3.63, 3.8) is 0 Å². The number of hydrogen-bond donors (Lipinski definition) is 3. The molecule has 0 aromatic carbocycles. The first-order chi connectivity index (χ1) is 8.95. The number of rotatable bonds is 7. The second-order valence-electron chi connectivity index (χ2n) is 3.77. The number of nitrogens with one attached hydrogen (secondary N) is 1. The molecule has 1 aromatic rings. The lowest BCUT2D eigenvalue weighted by molar-refractivity contribution is -0.139. The van der Waals surface area contributed by atoms with E-state index in [1.807, 2.05) is 6.92 Å². The molecule has 9 heteroatoms. The largest absolute Gasteiger partial charge is 0.480 e. The van der Waals surface area contributed by atoms with Gasteiger partial charge < -0.3 is 16.2 Å². The summed E-state index contributed by atoms with van der Waals surface area (Å²) in [5, 5.41) is 15.1. The third kappa shape index (κ3) is 4.28. The second kappa shape index (κ2) is 6.78. The van der Waals surface area contributed by atoms with Crippen LogP contribution >= 0.6 is 11.5 Å². The van der Waals surface area contributed by atoms with Crippen LogP contribution in [0.2, 0.25) is 0 Å². The summed E-state index contributed by atoms with van der Waals surface area (Å²) in [5.74, 6) is -2.39. The topological polar surface area (TPSA) is 135 Å². The first kappa shape index (κ1) is 15.0. The molecule has 104 valence electrons. The van der Waals surface area contributed by atoms with Crippen LogP contribution in [0, 0.1) is 0 Å². The van der Waals surface area contributed by atoms with Crippen LogP contribution < -0.4 is 11.1 Å². The minimum atomic E-state index is -1.22. The van der Waals surface area contributed by atoms with E-state index < -0.39 is 23.8 Å². The lowest BCUT2D eigenvalue weighted by Gasteiger charge is -2.12. The van der Waals surface area contributed by atoms with Crippen LogP contribution in [0.25, 0.3) is 0 Å². The number of carbonyl (C=O) groups excluding carboxylic acids is 2. The highest BCUT2D eigenvalue weighted by molar-refractivity contribution is 7.08. The summed E-state index contributed by atoms with van der Waals surface area (Å²) >= 11 is 0.903. The van der Waals surface area contributed by atoms with E-state index >= 15 is 0 Å². The Morgan fingerprint density at radius 3 is 2.68 bits per heavy atom. The van der Waals surface area contributed by atoms with Crippen molar-refractivity contribution in [3.8, 4) is 0 Å². The summed E-state index contributed by atoms with van der Waals surface area (Å²) in [6.45, 7) is 1.81. The Bertz CT molecular complexity index is 488. The van der Waals surface area contributed by atoms with Gasteiger partial charge >= 0.3 is 5.97 Å². The summed E-state index contributed by atoms with van der Waals surface area (Å²) in [5.41, 5.74) is 5.46. The molecule has 0 radical (unpaired) electrons. The number of nitrogens with zero attached hydrogens (tertiary/aromatic N) is 2. The number of carboxylic acid groups (broad SMARTS) is 1. The summed E-state index contributed by atoms with van der Waals surface area (Å²) in [6.07, 6.45) is 0.362. The average Bonchev–Trinajstić information content (AvgIpc) is 2.81. The van der Waals surface area contributed by atoms with Crippen LogP contribution in [0.1, 0.15) is 35.1 Å². The van der Waals surface area contributed by atoms with E-state index in [2.05, 4.69) is 14.9 Å². The number of nitrogens with two attached hydrogens (primary N) is 1. The highest BCUT2D eigenvalue weighted by atomic mass is 32.1. The quantitative estimate of drug-likeness (QED) is 0.621. The van der Waals surface area contributed by atoms with Gasteiger partial charge in [-0.25, -0.2) is 4.79 Å². The predicted molar refractivity (Wildman–Crippen MR) is 66.6 cm³/mol. The molecule has 0 aliphatic rings. The van der Waals surface area contributed by atoms with Gasteiger partial charge in [-0.2, -0.15) is 0 Å². The molecule has 0 spiro atoms. The van der Waals surface area contributed by atoms with E-state index in [4.69, 9.17) is 10.8 Å². The minimum Gasteiger partial charge on any atom is -0.480 e. The zero-order valence-electron chi connectivity index (χ0n) is 10.3. The number of amides is 2. The van der Waals surface area contributed by atoms with Gasteiger partial charge in [0.1, 0.15) is 10.9 Å². The van der Waals surface area contributed by atoms with E-state index in [-0.39, 0.29) is 17.7 Å². The first-order valence-electron chi connectivity index (χ1n) is 5.58. The van der Waals surface area contributed by atoms with Crippen LogP contribution in [0.5, 0.6) is 0 Å². The van der Waals surface area contributed by atoms with E-state index in [0.29, 0.717) is 12.1 Å². The van der Waals surface area contributed by atoms with Crippen LogP contribution in [-0.2, 0) is 16.0 Å². The Kier molecular flexibility index (Phi) is 5.37. The summed E-state index contributed by atoms with van der Waals surface area (Å²) in [7, 11) is 0. The van der Waals surface area contributed by atoms with Crippen molar-refractivity contribution in [1.82, 2.24) is 14.9 Å². The van der Waals surface area contributed by atoms with Crippen LogP contribution in [-0.4, -0.2) is 38.5 Å². The molecule has 0 bridgehead atoms. The molecular formula is C10H14N4O4S. The van der Waals surface area contributed by atoms with Gasteiger partial charge in [-0.3, -0.25) is 9.59 Å². The standard InChI is InChI=1S/C10H14N4O4S/c1-2-5-8(19-14-13-5)9(16)12-6(10(17)18)3-4-7(11)15/h6H,2-4H2,1H3,(H2,11,15)(H,12,16)(H,17,18)/t6-/m0/s1. The molecule has 0 unspecified atom stereocenters. The maximum Gasteiger partial charge on any atom is 0.326 e. The Balaban J connectivity index is 2.71. The minimum absolute atomic E-state index is 0.0515. The molecule has 0 aliphatic carbocycles. The number of aliphatic carboxylic acids is 1. The molecule has 0 saturated carbocycles. The van der Waals surface area contributed by atoms with Crippen molar-refractivity contribution in [2.75, 3.05) is 0 Å². The maximum atomic E-state index is 11.9. The third-order valence-electron chi connectivity index (χ3n) is 2.38. The van der Waals surface area contributed by atoms with Gasteiger partial charge in [-0.15, -0.1) is 5.10 Å². The molecule has 0 saturated heterocycles. The molecular weight excluding hydrogens is 272 g/mol. The fourth-order valence-electron chi connectivity index (χ4n) is 1.38. The number of carbonyl (C=O) groups is 3. The fourth-order valence-corrected chi connectivity index (χ4v) is 2.03. The molecule has 4 N–H and O–H groups in total. The lowest BCUT2D eigenvalue weighted by Crippen LogP contribution is -2.41. The van der Waals surface area contributed by atoms with Gasteiger partial charge in [0.15, 0.2) is 0 Å². The molecule has 2 amide bonds. The van der Waals surface area contributed by atoms with Gasteiger partial charge in [-0.05, 0) is 24.4 Å². The monoisotopic (exact) mass is 286 g/mol. The Labute approximate surface area is 113 Å². The zero-order valence-corrected chi connectivity index (χ0v) is 11.1. The molecule has 0 fully saturated rings. The maximum absolute atomic E-state index is 11.9. The summed E-state index contributed by atoms with van der Waals surface area (Å²) in [4.78, 5) is 33.8. The van der Waals surface area contributed by atoms with E-state index in [1.54, 1.807) is 0 Å². The molecule has 1 rings (SSSR count). The van der Waals surface area contributed by atoms with E-state index in [0.717, 1.165) is 11.5 Å². The Hall–Kier alpha value is -2.03. The third-order valence-corrected chi connectivity index (χ3v) is 3.15. The van der Waals surface area contributed by atoms with Crippen LogP contribution in [0.4, 0.5) is 0 Å². The van der Waals surface area contributed by atoms with Crippen molar-refractivity contribution in [2.24, 2.45) is 5.73 Å². The highest BCUT2D eigenvalue weighted by Crippen LogP contribution is 2.11. The number of primary amides is 1. The van der Waals surface area contributed by atoms with Crippen molar-refractivity contribution in [3.05, 3.63) is 10.6 Å². The van der Waals surface area contributed by atoms with Crippen molar-refractivity contribution in [2.45, 2.75) is 32.2 Å². The van der Waals surface area contributed by atoms with Crippen molar-refractivity contribution < 1.29 is 19.5 Å². The molecule has 1 atom stereocenters. The average molecular weight is 286 g/mol. The second-order valence-corrected chi connectivity index (χ2v) is 4.53. The van der Waals surface area contributed by atoms with Crippen molar-refractivity contribution in [1.29, 1.82) is 0 Å². The lowest BCUT2D eigenvalue weighted by atomic mass is 10.1. The number of aromatic nitrogens is 2. The normalized spacial score (nSPS) is 11.8. The van der Waals surface area contributed by atoms with Gasteiger partial charge in [-0.1, -0.05) is 11.4 Å². The molecule has 0 aliphatic heterocycles. The van der Waals surface area contributed by atoms with Gasteiger partial charge in [0.25, 0.3) is 5.91 Å². The SMILES string of the molecule is CCc1nnsc1C(=O)N[C@@H](CCC(N)=O)C(=O)O. The fraction of sp³-hybridized carbons (Fsp3) is 0.500. The molecule has 19 heavy (non-hydrogen) atoms. The smallest absolute Gasteiger partial charge is 0.326 e. The summed E-state index contributed by atoms with van der Waals surface area (Å²) < 4.78 is 3.65. The summed E-state index contributed by atoms with van der Waals surface area (Å²) in [6, 6.07) is -1.16. The van der Waals surface area contributed by atoms with E-state index in [9.17, 15) is 14.4 Å². The molecule has 1 heterocycles. The van der Waals surface area contributed by atoms with Crippen molar-refractivity contribution >= 4 is 29.3 Å². The highest BCUT2D eigenvalue weighted by Gasteiger charge is 2.23. The Morgan fingerprint density at radius 1 is 1.47 bits per heavy atom. The Morgan fingerprint density at radius 2 is 2.16 bits per heavy atom. The van der Waals surface area contributed by atoms with Gasteiger partial charge in [0, 0.05) is 6.42 Å². The first-order valence-corrected chi connectivity index (χ1v) is 6.36. The number of hydrogen-bond acceptors (Lipinski definition) is 6. The van der Waals surface area contributed by atoms with Gasteiger partial charge in [0.05, 0.1) is 5.69 Å². The van der Waals surface area contributed by atoms with E-state index in [1.165, 1.54) is 0 Å². The molecule has 1 aromatic heterocycles. The van der Waals surface area contributed by atoms with Crippen LogP contribution in [0.3, 0.4) is 0 Å². The van der Waals surface area contributed by atoms with Crippen LogP contribution in [0.15, 0.2) is 0 Å². The zero-order chi connectivity index (χ0) is 14.4. The number of carboxylic acids is 1. The molecule has 8 nitrogen and oxygen atoms in total. The number of aryl methyl sites for hydroxylation is 1. The van der Waals surface area contributed by atoms with Gasteiger partial charge in [0.2, 0.25) is 5.91 Å².